The second kappa shape index (κ2) is 5.73. The molecule has 1 aliphatic carbocycles. The molecule has 5 nitrogen and oxygen atoms in total. The second-order valence-corrected chi connectivity index (χ2v) is 4.98. The van der Waals surface area contributed by atoms with Gasteiger partial charge in [-0.15, -0.1) is 0 Å². The Balaban J connectivity index is 1.74. The van der Waals surface area contributed by atoms with Crippen molar-refractivity contribution in [3.8, 4) is 0 Å². The van der Waals surface area contributed by atoms with Crippen molar-refractivity contribution in [2.24, 2.45) is 5.92 Å². The van der Waals surface area contributed by atoms with Crippen molar-refractivity contribution in [1.82, 2.24) is 10.6 Å². The Morgan fingerprint density at radius 3 is 2.79 bits per heavy atom. The average molecular weight is 262 g/mol. The number of rotatable bonds is 5. The summed E-state index contributed by atoms with van der Waals surface area (Å²) in [6.45, 7) is 2.60. The molecule has 1 saturated carbocycles. The van der Waals surface area contributed by atoms with E-state index in [0.29, 0.717) is 24.9 Å². The molecule has 0 heterocycles. The predicted octanol–water partition coefficient (Wildman–Crippen LogP) is 1.63. The van der Waals surface area contributed by atoms with E-state index in [1.54, 1.807) is 18.2 Å². The van der Waals surface area contributed by atoms with Crippen LogP contribution in [0.2, 0.25) is 0 Å². The van der Waals surface area contributed by atoms with E-state index in [1.807, 2.05) is 6.07 Å². The van der Waals surface area contributed by atoms with Crippen LogP contribution < -0.4 is 10.6 Å². The van der Waals surface area contributed by atoms with Gasteiger partial charge in [-0.1, -0.05) is 19.1 Å². The van der Waals surface area contributed by atoms with Gasteiger partial charge in [-0.05, 0) is 36.5 Å². The maximum absolute atomic E-state index is 11.5. The standard InChI is InChI=1S/C14H18N2O3/c1-9-7-12(9)16-14(19)15-6-5-10-3-2-4-11(8-10)13(17)18/h2-4,8-9,12H,5-7H2,1H3,(H,17,18)(H2,15,16,19). The Labute approximate surface area is 112 Å². The van der Waals surface area contributed by atoms with Crippen LogP contribution in [-0.2, 0) is 6.42 Å². The molecular formula is C14H18N2O3. The molecule has 19 heavy (non-hydrogen) atoms. The van der Waals surface area contributed by atoms with Crippen molar-refractivity contribution in [1.29, 1.82) is 0 Å². The number of benzene rings is 1. The smallest absolute Gasteiger partial charge is 0.335 e. The van der Waals surface area contributed by atoms with E-state index in [2.05, 4.69) is 17.6 Å². The Bertz CT molecular complexity index is 487. The van der Waals surface area contributed by atoms with Gasteiger partial charge in [0.1, 0.15) is 0 Å². The molecular weight excluding hydrogens is 244 g/mol. The van der Waals surface area contributed by atoms with Gasteiger partial charge in [0.25, 0.3) is 0 Å². The average Bonchev–Trinajstić information content (AvgIpc) is 3.05. The zero-order valence-corrected chi connectivity index (χ0v) is 10.8. The summed E-state index contributed by atoms with van der Waals surface area (Å²) in [7, 11) is 0. The molecule has 2 unspecified atom stereocenters. The van der Waals surface area contributed by atoms with Gasteiger partial charge < -0.3 is 15.7 Å². The van der Waals surface area contributed by atoms with Gasteiger partial charge in [0.05, 0.1) is 5.56 Å². The summed E-state index contributed by atoms with van der Waals surface area (Å²) in [6, 6.07) is 6.92. The van der Waals surface area contributed by atoms with E-state index in [4.69, 9.17) is 5.11 Å². The maximum atomic E-state index is 11.5. The number of carbonyl (C=O) groups excluding carboxylic acids is 1. The highest BCUT2D eigenvalue weighted by Gasteiger charge is 2.33. The van der Waals surface area contributed by atoms with E-state index in [1.165, 1.54) is 0 Å². The fourth-order valence-electron chi connectivity index (χ4n) is 1.92. The summed E-state index contributed by atoms with van der Waals surface area (Å²) in [6.07, 6.45) is 1.67. The van der Waals surface area contributed by atoms with E-state index >= 15 is 0 Å². The summed E-state index contributed by atoms with van der Waals surface area (Å²) >= 11 is 0. The SMILES string of the molecule is CC1CC1NC(=O)NCCc1cccc(C(=O)O)c1. The lowest BCUT2D eigenvalue weighted by atomic mass is 10.1. The molecule has 0 aromatic heterocycles. The van der Waals surface area contributed by atoms with E-state index in [-0.39, 0.29) is 11.6 Å². The number of amides is 2. The first kappa shape index (κ1) is 13.4. The van der Waals surface area contributed by atoms with Gasteiger partial charge in [0.15, 0.2) is 0 Å². The molecule has 102 valence electrons. The number of carboxylic acids is 1. The fraction of sp³-hybridized carbons (Fsp3) is 0.429. The lowest BCUT2D eigenvalue weighted by Crippen LogP contribution is -2.38. The van der Waals surface area contributed by atoms with Crippen LogP contribution in [0.1, 0.15) is 29.3 Å². The van der Waals surface area contributed by atoms with Crippen LogP contribution in [0, 0.1) is 5.92 Å². The molecule has 1 aromatic carbocycles. The number of aromatic carboxylic acids is 1. The molecule has 5 heteroatoms. The van der Waals surface area contributed by atoms with E-state index in [0.717, 1.165) is 12.0 Å². The highest BCUT2D eigenvalue weighted by Crippen LogP contribution is 2.28. The molecule has 2 atom stereocenters. The summed E-state index contributed by atoms with van der Waals surface area (Å²) < 4.78 is 0. The number of carbonyl (C=O) groups is 2. The molecule has 0 radical (unpaired) electrons. The van der Waals surface area contributed by atoms with Crippen LogP contribution in [0.3, 0.4) is 0 Å². The number of hydrogen-bond acceptors (Lipinski definition) is 2. The first-order chi connectivity index (χ1) is 9.06. The minimum absolute atomic E-state index is 0.149. The second-order valence-electron chi connectivity index (χ2n) is 4.98. The molecule has 1 aliphatic rings. The zero-order chi connectivity index (χ0) is 13.8. The van der Waals surface area contributed by atoms with Crippen LogP contribution in [0.25, 0.3) is 0 Å². The summed E-state index contributed by atoms with van der Waals surface area (Å²) in [5.41, 5.74) is 1.17. The Morgan fingerprint density at radius 1 is 1.42 bits per heavy atom. The topological polar surface area (TPSA) is 78.4 Å². The van der Waals surface area contributed by atoms with Crippen LogP contribution in [0.4, 0.5) is 4.79 Å². The van der Waals surface area contributed by atoms with Gasteiger partial charge in [-0.3, -0.25) is 0 Å². The Kier molecular flexibility index (Phi) is 4.04. The summed E-state index contributed by atoms with van der Waals surface area (Å²) in [5.74, 6) is -0.353. The van der Waals surface area contributed by atoms with Crippen molar-refractivity contribution < 1.29 is 14.7 Å². The first-order valence-electron chi connectivity index (χ1n) is 6.43. The van der Waals surface area contributed by atoms with Crippen molar-refractivity contribution in [3.05, 3.63) is 35.4 Å². The summed E-state index contributed by atoms with van der Waals surface area (Å²) in [5, 5.41) is 14.5. The molecule has 2 amide bonds. The van der Waals surface area contributed by atoms with Gasteiger partial charge in [-0.2, -0.15) is 0 Å². The zero-order valence-electron chi connectivity index (χ0n) is 10.8. The third-order valence-electron chi connectivity index (χ3n) is 3.30. The number of carboxylic acid groups (broad SMARTS) is 1. The van der Waals surface area contributed by atoms with Crippen LogP contribution in [0.15, 0.2) is 24.3 Å². The predicted molar refractivity (Wildman–Crippen MR) is 71.2 cm³/mol. The lowest BCUT2D eigenvalue weighted by molar-refractivity contribution is 0.0696. The van der Waals surface area contributed by atoms with Gasteiger partial charge in [0, 0.05) is 12.6 Å². The molecule has 0 aliphatic heterocycles. The van der Waals surface area contributed by atoms with Crippen LogP contribution in [0.5, 0.6) is 0 Å². The molecule has 0 saturated heterocycles. The molecule has 0 bridgehead atoms. The molecule has 1 fully saturated rings. The third-order valence-corrected chi connectivity index (χ3v) is 3.30. The highest BCUT2D eigenvalue weighted by atomic mass is 16.4. The van der Waals surface area contributed by atoms with Crippen molar-refractivity contribution in [2.45, 2.75) is 25.8 Å². The van der Waals surface area contributed by atoms with Crippen molar-refractivity contribution in [3.63, 3.8) is 0 Å². The largest absolute Gasteiger partial charge is 0.478 e. The molecule has 3 N–H and O–H groups in total. The highest BCUT2D eigenvalue weighted by molar-refractivity contribution is 5.87. The number of hydrogen-bond donors (Lipinski definition) is 3. The van der Waals surface area contributed by atoms with Crippen LogP contribution >= 0.6 is 0 Å². The van der Waals surface area contributed by atoms with Gasteiger partial charge in [0.2, 0.25) is 0 Å². The Hall–Kier alpha value is -2.04. The quantitative estimate of drug-likeness (QED) is 0.754. The third kappa shape index (κ3) is 3.98. The maximum Gasteiger partial charge on any atom is 0.335 e. The molecule has 1 aromatic rings. The van der Waals surface area contributed by atoms with E-state index < -0.39 is 5.97 Å². The normalized spacial score (nSPS) is 20.7. The van der Waals surface area contributed by atoms with Crippen LogP contribution in [-0.4, -0.2) is 29.7 Å². The van der Waals surface area contributed by atoms with Gasteiger partial charge in [-0.25, -0.2) is 9.59 Å². The minimum atomic E-state index is -0.935. The summed E-state index contributed by atoms with van der Waals surface area (Å²) in [4.78, 5) is 22.3. The lowest BCUT2D eigenvalue weighted by Gasteiger charge is -2.07. The van der Waals surface area contributed by atoms with Crippen molar-refractivity contribution in [2.75, 3.05) is 6.54 Å². The fourth-order valence-corrected chi connectivity index (χ4v) is 1.92. The first-order valence-corrected chi connectivity index (χ1v) is 6.43. The molecule has 2 rings (SSSR count). The minimum Gasteiger partial charge on any atom is -0.478 e. The number of nitrogens with one attached hydrogen (secondary N) is 2. The monoisotopic (exact) mass is 262 g/mol. The van der Waals surface area contributed by atoms with Crippen molar-refractivity contribution >= 4 is 12.0 Å². The number of urea groups is 1. The van der Waals surface area contributed by atoms with E-state index in [9.17, 15) is 9.59 Å². The van der Waals surface area contributed by atoms with Gasteiger partial charge >= 0.3 is 12.0 Å². The molecule has 0 spiro atoms. The Morgan fingerprint density at radius 2 is 2.16 bits per heavy atom.